The largest absolute Gasteiger partial charge is 0.497 e. The first-order valence-electron chi connectivity index (χ1n) is 8.75. The number of rotatable bonds is 7. The minimum Gasteiger partial charge on any atom is -0.497 e. The summed E-state index contributed by atoms with van der Waals surface area (Å²) in [5.41, 5.74) is 2.69. The van der Waals surface area contributed by atoms with Crippen molar-refractivity contribution in [2.24, 2.45) is 0 Å². The van der Waals surface area contributed by atoms with Crippen LogP contribution in [0.2, 0.25) is 0 Å². The van der Waals surface area contributed by atoms with Crippen LogP contribution in [-0.2, 0) is 6.42 Å². The molecule has 1 aliphatic rings. The molecule has 0 atom stereocenters. The Kier molecular flexibility index (Phi) is 5.82. The van der Waals surface area contributed by atoms with Crippen LogP contribution in [0.5, 0.6) is 5.75 Å². The van der Waals surface area contributed by atoms with Crippen molar-refractivity contribution in [3.8, 4) is 5.75 Å². The van der Waals surface area contributed by atoms with Gasteiger partial charge in [0, 0.05) is 13.0 Å². The Hall–Kier alpha value is -2.63. The van der Waals surface area contributed by atoms with Gasteiger partial charge in [-0.25, -0.2) is 0 Å². The van der Waals surface area contributed by atoms with Crippen LogP contribution in [0, 0.1) is 0 Å². The van der Waals surface area contributed by atoms with Gasteiger partial charge < -0.3 is 10.1 Å². The number of benzene rings is 1. The molecular weight excluding hydrogens is 316 g/mol. The zero-order valence-electron chi connectivity index (χ0n) is 14.5. The van der Waals surface area contributed by atoms with E-state index >= 15 is 0 Å². The van der Waals surface area contributed by atoms with Gasteiger partial charge in [-0.05, 0) is 49.8 Å². The molecule has 1 aliphatic carbocycles. The summed E-state index contributed by atoms with van der Waals surface area (Å²) in [6.07, 6.45) is 8.71. The Morgan fingerprint density at radius 2 is 2.04 bits per heavy atom. The number of nitrogens with one attached hydrogen (secondary N) is 2. The van der Waals surface area contributed by atoms with E-state index in [9.17, 15) is 4.79 Å². The second kappa shape index (κ2) is 8.46. The third-order valence-corrected chi connectivity index (χ3v) is 4.42. The third-order valence-electron chi connectivity index (χ3n) is 4.42. The topological polar surface area (TPSA) is 79.9 Å². The number of allylic oxidation sites excluding steroid dienone is 1. The van der Waals surface area contributed by atoms with Gasteiger partial charge in [-0.3, -0.25) is 9.78 Å². The molecule has 0 radical (unpaired) electrons. The Labute approximate surface area is 147 Å². The summed E-state index contributed by atoms with van der Waals surface area (Å²) in [6.45, 7) is 0.758. The van der Waals surface area contributed by atoms with Gasteiger partial charge in [0.1, 0.15) is 11.4 Å². The van der Waals surface area contributed by atoms with E-state index in [-0.39, 0.29) is 5.56 Å². The lowest BCUT2D eigenvalue weighted by molar-refractivity contribution is 0.414. The summed E-state index contributed by atoms with van der Waals surface area (Å²) >= 11 is 0. The highest BCUT2D eigenvalue weighted by atomic mass is 16.5. The highest BCUT2D eigenvalue weighted by Crippen LogP contribution is 2.19. The first kappa shape index (κ1) is 17.2. The van der Waals surface area contributed by atoms with E-state index in [4.69, 9.17) is 4.74 Å². The molecule has 1 aromatic carbocycles. The van der Waals surface area contributed by atoms with Crippen LogP contribution in [0.4, 0.5) is 5.95 Å². The minimum atomic E-state index is -0.204. The molecule has 0 unspecified atom stereocenters. The van der Waals surface area contributed by atoms with Crippen molar-refractivity contribution in [1.82, 2.24) is 15.2 Å². The Balaban J connectivity index is 1.56. The number of aromatic amines is 1. The highest BCUT2D eigenvalue weighted by molar-refractivity contribution is 5.30. The molecule has 0 saturated heterocycles. The van der Waals surface area contributed by atoms with Crippen molar-refractivity contribution >= 4 is 5.95 Å². The summed E-state index contributed by atoms with van der Waals surface area (Å²) in [5, 5.41) is 11.3. The van der Waals surface area contributed by atoms with Gasteiger partial charge in [0.2, 0.25) is 5.95 Å². The highest BCUT2D eigenvalue weighted by Gasteiger charge is 2.07. The van der Waals surface area contributed by atoms with Crippen molar-refractivity contribution < 1.29 is 4.74 Å². The molecule has 0 fully saturated rings. The number of anilines is 1. The van der Waals surface area contributed by atoms with Gasteiger partial charge >= 0.3 is 0 Å². The van der Waals surface area contributed by atoms with E-state index in [0.29, 0.717) is 18.1 Å². The number of aromatic nitrogens is 3. The standard InChI is InChI=1S/C19H24N4O2/c1-25-16-9-7-15(8-10-16)13-17-18(24)21-19(23-22-17)20-12-11-14-5-3-2-4-6-14/h5,7-10H,2-4,6,11-13H2,1H3,(H2,20,21,23,24). The van der Waals surface area contributed by atoms with Crippen LogP contribution in [-0.4, -0.2) is 28.8 Å². The molecule has 1 heterocycles. The fourth-order valence-electron chi connectivity index (χ4n) is 2.97. The summed E-state index contributed by atoms with van der Waals surface area (Å²) < 4.78 is 5.13. The van der Waals surface area contributed by atoms with Crippen molar-refractivity contribution in [2.75, 3.05) is 19.0 Å². The Bertz CT molecular complexity index is 781. The maximum absolute atomic E-state index is 12.2. The zero-order chi connectivity index (χ0) is 17.5. The number of methoxy groups -OCH3 is 1. The SMILES string of the molecule is COc1ccc(Cc2nnc(NCCC3=CCCCC3)[nH]c2=O)cc1. The molecule has 0 spiro atoms. The van der Waals surface area contributed by atoms with Crippen LogP contribution in [0.1, 0.15) is 43.4 Å². The average Bonchev–Trinajstić information content (AvgIpc) is 2.65. The second-order valence-electron chi connectivity index (χ2n) is 6.26. The Morgan fingerprint density at radius 1 is 1.20 bits per heavy atom. The molecule has 25 heavy (non-hydrogen) atoms. The van der Waals surface area contributed by atoms with Crippen LogP contribution >= 0.6 is 0 Å². The molecule has 0 amide bonds. The van der Waals surface area contributed by atoms with Crippen molar-refractivity contribution in [3.05, 3.63) is 57.5 Å². The maximum atomic E-state index is 12.2. The van der Waals surface area contributed by atoms with Crippen molar-refractivity contribution in [1.29, 1.82) is 0 Å². The molecular formula is C19H24N4O2. The number of nitrogens with zero attached hydrogens (tertiary/aromatic N) is 2. The quantitative estimate of drug-likeness (QED) is 0.757. The van der Waals surface area contributed by atoms with Gasteiger partial charge in [-0.1, -0.05) is 23.8 Å². The van der Waals surface area contributed by atoms with Crippen LogP contribution in [0.3, 0.4) is 0 Å². The number of ether oxygens (including phenoxy) is 1. The predicted octanol–water partition coefficient (Wildman–Crippen LogP) is 3.07. The summed E-state index contributed by atoms with van der Waals surface area (Å²) in [5.74, 6) is 1.22. The van der Waals surface area contributed by atoms with Crippen molar-refractivity contribution in [2.45, 2.75) is 38.5 Å². The van der Waals surface area contributed by atoms with Crippen LogP contribution in [0.25, 0.3) is 0 Å². The maximum Gasteiger partial charge on any atom is 0.274 e. The fraction of sp³-hybridized carbons (Fsp3) is 0.421. The van der Waals surface area contributed by atoms with E-state index in [0.717, 1.165) is 24.3 Å². The summed E-state index contributed by atoms with van der Waals surface area (Å²) in [6, 6.07) is 7.58. The van der Waals surface area contributed by atoms with Gasteiger partial charge in [0.25, 0.3) is 5.56 Å². The number of hydrogen-bond donors (Lipinski definition) is 2. The smallest absolute Gasteiger partial charge is 0.274 e. The fourth-order valence-corrected chi connectivity index (χ4v) is 2.97. The van der Waals surface area contributed by atoms with Crippen molar-refractivity contribution in [3.63, 3.8) is 0 Å². The molecule has 6 heteroatoms. The molecule has 6 nitrogen and oxygen atoms in total. The van der Waals surface area contributed by atoms with Gasteiger partial charge in [0.05, 0.1) is 7.11 Å². The lowest BCUT2D eigenvalue weighted by Gasteiger charge is -2.12. The van der Waals surface area contributed by atoms with E-state index < -0.39 is 0 Å². The summed E-state index contributed by atoms with van der Waals surface area (Å²) in [7, 11) is 1.63. The number of hydrogen-bond acceptors (Lipinski definition) is 5. The molecule has 132 valence electrons. The van der Waals surface area contributed by atoms with Crippen LogP contribution < -0.4 is 15.6 Å². The van der Waals surface area contributed by atoms with E-state index in [1.165, 1.54) is 31.3 Å². The molecule has 0 saturated carbocycles. The van der Waals surface area contributed by atoms with E-state index in [1.807, 2.05) is 24.3 Å². The molecule has 2 aromatic rings. The number of H-pyrrole nitrogens is 1. The minimum absolute atomic E-state index is 0.204. The third kappa shape index (κ3) is 4.92. The molecule has 0 bridgehead atoms. The van der Waals surface area contributed by atoms with Gasteiger partial charge in [0.15, 0.2) is 0 Å². The molecule has 2 N–H and O–H groups in total. The van der Waals surface area contributed by atoms with Gasteiger partial charge in [-0.15, -0.1) is 10.2 Å². The molecule has 3 rings (SSSR count). The van der Waals surface area contributed by atoms with Crippen LogP contribution in [0.15, 0.2) is 40.7 Å². The van der Waals surface area contributed by atoms with E-state index in [1.54, 1.807) is 7.11 Å². The lowest BCUT2D eigenvalue weighted by atomic mass is 9.97. The second-order valence-corrected chi connectivity index (χ2v) is 6.26. The average molecular weight is 340 g/mol. The molecule has 1 aromatic heterocycles. The zero-order valence-corrected chi connectivity index (χ0v) is 14.5. The first-order chi connectivity index (χ1) is 12.2. The monoisotopic (exact) mass is 340 g/mol. The van der Waals surface area contributed by atoms with E-state index in [2.05, 4.69) is 26.6 Å². The normalized spacial score (nSPS) is 14.0. The predicted molar refractivity (Wildman–Crippen MR) is 98.1 cm³/mol. The van der Waals surface area contributed by atoms with Gasteiger partial charge in [-0.2, -0.15) is 0 Å². The lowest BCUT2D eigenvalue weighted by Crippen LogP contribution is -2.20. The molecule has 0 aliphatic heterocycles. The summed E-state index contributed by atoms with van der Waals surface area (Å²) in [4.78, 5) is 15.0. The first-order valence-corrected chi connectivity index (χ1v) is 8.75. The Morgan fingerprint density at radius 3 is 2.72 bits per heavy atom.